The molecule has 7 nitrogen and oxygen atoms in total. The van der Waals surface area contributed by atoms with E-state index < -0.39 is 11.4 Å². The highest BCUT2D eigenvalue weighted by molar-refractivity contribution is 6.04. The molecular formula is C19H23NO6. The van der Waals surface area contributed by atoms with Gasteiger partial charge in [0.15, 0.2) is 17.3 Å². The van der Waals surface area contributed by atoms with E-state index in [0.29, 0.717) is 30.3 Å². The van der Waals surface area contributed by atoms with Crippen LogP contribution in [0.15, 0.2) is 6.07 Å². The summed E-state index contributed by atoms with van der Waals surface area (Å²) in [7, 11) is 3.58. The van der Waals surface area contributed by atoms with Crippen molar-refractivity contribution in [2.45, 2.75) is 32.2 Å². The lowest BCUT2D eigenvalue weighted by Gasteiger charge is -2.36. The van der Waals surface area contributed by atoms with Gasteiger partial charge in [0.05, 0.1) is 13.7 Å². The van der Waals surface area contributed by atoms with Crippen LogP contribution in [-0.2, 0) is 20.7 Å². The number of likely N-dealkylation sites (N-methyl/N-ethyl adjacent to an activating group) is 1. The maximum Gasteiger partial charge on any atom is 0.319 e. The second-order valence-electron chi connectivity index (χ2n) is 7.31. The Bertz CT molecular complexity index is 776. The van der Waals surface area contributed by atoms with E-state index >= 15 is 0 Å². The van der Waals surface area contributed by atoms with E-state index in [1.807, 2.05) is 13.1 Å². The number of hydrogen-bond donors (Lipinski definition) is 0. The quantitative estimate of drug-likeness (QED) is 0.599. The molecule has 1 saturated heterocycles. The van der Waals surface area contributed by atoms with E-state index in [0.717, 1.165) is 24.1 Å². The SMILES string of the molecule is COc1c2c(cc3c1[C@H](CC(=O)[C@@]1(C)CCOC1=O)N(C)CC3)OCO2. The third-order valence-corrected chi connectivity index (χ3v) is 5.83. The maximum atomic E-state index is 13.0. The molecule has 26 heavy (non-hydrogen) atoms. The first-order valence-corrected chi connectivity index (χ1v) is 8.86. The van der Waals surface area contributed by atoms with Gasteiger partial charge in [-0.3, -0.25) is 14.5 Å². The molecule has 0 aromatic heterocycles. The molecule has 3 aliphatic heterocycles. The molecule has 0 radical (unpaired) electrons. The second kappa shape index (κ2) is 6.16. The first kappa shape index (κ1) is 17.1. The normalized spacial score (nSPS) is 27.2. The van der Waals surface area contributed by atoms with Crippen LogP contribution in [0.3, 0.4) is 0 Å². The number of benzene rings is 1. The lowest BCUT2D eigenvalue weighted by Crippen LogP contribution is -2.39. The number of cyclic esters (lactones) is 1. The molecular weight excluding hydrogens is 338 g/mol. The number of fused-ring (bicyclic) bond motifs is 2. The lowest BCUT2D eigenvalue weighted by molar-refractivity contribution is -0.150. The van der Waals surface area contributed by atoms with Gasteiger partial charge in [0.1, 0.15) is 5.41 Å². The molecule has 0 bridgehead atoms. The minimum atomic E-state index is -1.05. The van der Waals surface area contributed by atoms with Crippen LogP contribution in [0.1, 0.15) is 36.9 Å². The van der Waals surface area contributed by atoms with Crippen LogP contribution in [0.25, 0.3) is 0 Å². The Hall–Kier alpha value is -2.28. The number of methoxy groups -OCH3 is 1. The summed E-state index contributed by atoms with van der Waals surface area (Å²) in [6.07, 6.45) is 1.50. The summed E-state index contributed by atoms with van der Waals surface area (Å²) in [6, 6.07) is 1.80. The Kier molecular flexibility index (Phi) is 4.06. The van der Waals surface area contributed by atoms with Crippen molar-refractivity contribution in [1.29, 1.82) is 0 Å². The Labute approximate surface area is 152 Å². The van der Waals surface area contributed by atoms with E-state index in [4.69, 9.17) is 18.9 Å². The first-order valence-electron chi connectivity index (χ1n) is 8.86. The molecule has 0 unspecified atom stereocenters. The van der Waals surface area contributed by atoms with Gasteiger partial charge in [-0.05, 0) is 32.0 Å². The highest BCUT2D eigenvalue weighted by Crippen LogP contribution is 2.50. The largest absolute Gasteiger partial charge is 0.492 e. The van der Waals surface area contributed by atoms with Crippen molar-refractivity contribution in [1.82, 2.24) is 4.90 Å². The van der Waals surface area contributed by atoms with E-state index in [2.05, 4.69) is 4.90 Å². The molecule has 0 saturated carbocycles. The second-order valence-corrected chi connectivity index (χ2v) is 7.31. The van der Waals surface area contributed by atoms with Gasteiger partial charge < -0.3 is 18.9 Å². The van der Waals surface area contributed by atoms with Crippen molar-refractivity contribution in [2.24, 2.45) is 5.41 Å². The number of carbonyl (C=O) groups excluding carboxylic acids is 2. The Morgan fingerprint density at radius 2 is 2.19 bits per heavy atom. The fraction of sp³-hybridized carbons (Fsp3) is 0.579. The highest BCUT2D eigenvalue weighted by atomic mass is 16.7. The predicted molar refractivity (Wildman–Crippen MR) is 91.5 cm³/mol. The standard InChI is InChI=1S/C19H23NO6/c1-19(5-7-24-18(19)22)14(21)9-12-15-11(4-6-20(12)2)8-13-16(17(15)23-3)26-10-25-13/h8,12H,4-7,9-10H2,1-3H3/t12-,19+/m0/s1. The van der Waals surface area contributed by atoms with Crippen LogP contribution in [-0.4, -0.2) is 50.8 Å². The molecule has 0 N–H and O–H groups in total. The number of esters is 1. The van der Waals surface area contributed by atoms with Crippen LogP contribution in [0.5, 0.6) is 17.2 Å². The van der Waals surface area contributed by atoms with Crippen molar-refractivity contribution in [3.8, 4) is 17.2 Å². The smallest absolute Gasteiger partial charge is 0.319 e. The lowest BCUT2D eigenvalue weighted by atomic mass is 9.79. The molecule has 0 spiro atoms. The van der Waals surface area contributed by atoms with Gasteiger partial charge in [0, 0.05) is 31.0 Å². The zero-order valence-electron chi connectivity index (χ0n) is 15.3. The molecule has 3 aliphatic rings. The van der Waals surface area contributed by atoms with Crippen molar-refractivity contribution < 1.29 is 28.5 Å². The summed E-state index contributed by atoms with van der Waals surface area (Å²) < 4.78 is 21.8. The summed E-state index contributed by atoms with van der Waals surface area (Å²) in [4.78, 5) is 27.2. The monoisotopic (exact) mass is 361 g/mol. The summed E-state index contributed by atoms with van der Waals surface area (Å²) in [5, 5.41) is 0. The summed E-state index contributed by atoms with van der Waals surface area (Å²) in [6.45, 7) is 2.97. The maximum absolute atomic E-state index is 13.0. The number of rotatable bonds is 4. The summed E-state index contributed by atoms with van der Waals surface area (Å²) in [5.74, 6) is 1.38. The van der Waals surface area contributed by atoms with Crippen LogP contribution in [0.2, 0.25) is 0 Å². The molecule has 3 heterocycles. The Balaban J connectivity index is 1.72. The average Bonchev–Trinajstić information content (AvgIpc) is 3.22. The van der Waals surface area contributed by atoms with Crippen LogP contribution >= 0.6 is 0 Å². The van der Waals surface area contributed by atoms with Crippen LogP contribution in [0, 0.1) is 5.41 Å². The fourth-order valence-corrected chi connectivity index (χ4v) is 4.05. The van der Waals surface area contributed by atoms with Crippen molar-refractivity contribution in [3.05, 3.63) is 17.2 Å². The number of carbonyl (C=O) groups is 2. The van der Waals surface area contributed by atoms with E-state index in [1.54, 1.807) is 14.0 Å². The molecule has 2 atom stereocenters. The number of hydrogen-bond acceptors (Lipinski definition) is 7. The predicted octanol–water partition coefficient (Wildman–Crippen LogP) is 1.87. The zero-order chi connectivity index (χ0) is 18.5. The highest BCUT2D eigenvalue weighted by Gasteiger charge is 2.48. The number of Topliss-reactive ketones (excluding diaryl/α,β-unsaturated/α-hetero) is 1. The van der Waals surface area contributed by atoms with Crippen LogP contribution < -0.4 is 14.2 Å². The Morgan fingerprint density at radius 3 is 2.88 bits per heavy atom. The third-order valence-electron chi connectivity index (χ3n) is 5.83. The molecule has 1 aromatic rings. The topological polar surface area (TPSA) is 74.3 Å². The van der Waals surface area contributed by atoms with Gasteiger partial charge in [-0.2, -0.15) is 0 Å². The molecule has 4 rings (SSSR count). The van der Waals surface area contributed by atoms with Gasteiger partial charge in [0.2, 0.25) is 12.5 Å². The van der Waals surface area contributed by atoms with E-state index in [9.17, 15) is 9.59 Å². The average molecular weight is 361 g/mol. The summed E-state index contributed by atoms with van der Waals surface area (Å²) in [5.41, 5.74) is 0.997. The number of ether oxygens (including phenoxy) is 4. The summed E-state index contributed by atoms with van der Waals surface area (Å²) >= 11 is 0. The van der Waals surface area contributed by atoms with Crippen molar-refractivity contribution >= 4 is 11.8 Å². The number of nitrogens with zero attached hydrogens (tertiary/aromatic N) is 1. The first-order chi connectivity index (χ1) is 12.5. The van der Waals surface area contributed by atoms with Gasteiger partial charge in [-0.25, -0.2) is 0 Å². The van der Waals surface area contributed by atoms with Crippen LogP contribution in [0.4, 0.5) is 0 Å². The van der Waals surface area contributed by atoms with Crippen molar-refractivity contribution in [3.63, 3.8) is 0 Å². The molecule has 1 fully saturated rings. The third kappa shape index (κ3) is 2.45. The minimum Gasteiger partial charge on any atom is -0.492 e. The van der Waals surface area contributed by atoms with E-state index in [-0.39, 0.29) is 25.0 Å². The molecule has 7 heteroatoms. The van der Waals surface area contributed by atoms with Gasteiger partial charge in [-0.1, -0.05) is 0 Å². The van der Waals surface area contributed by atoms with E-state index in [1.165, 1.54) is 0 Å². The Morgan fingerprint density at radius 1 is 1.38 bits per heavy atom. The van der Waals surface area contributed by atoms with Crippen molar-refractivity contribution in [2.75, 3.05) is 34.1 Å². The molecule has 0 amide bonds. The molecule has 1 aromatic carbocycles. The number of ketones is 1. The zero-order valence-corrected chi connectivity index (χ0v) is 15.3. The van der Waals surface area contributed by atoms with Gasteiger partial charge in [-0.15, -0.1) is 0 Å². The molecule has 0 aliphatic carbocycles. The fourth-order valence-electron chi connectivity index (χ4n) is 4.05. The van der Waals surface area contributed by atoms with Gasteiger partial charge >= 0.3 is 5.97 Å². The minimum absolute atomic E-state index is 0.0931. The molecule has 140 valence electrons. The van der Waals surface area contributed by atoms with Gasteiger partial charge in [0.25, 0.3) is 0 Å².